The molecule has 4 heteroatoms. The molecule has 1 aliphatic rings. The number of fused-ring (bicyclic) bond motifs is 1. The molecule has 1 aromatic carbocycles. The third-order valence-corrected chi connectivity index (χ3v) is 3.84. The number of hydrogen-bond acceptors (Lipinski definition) is 2. The van der Waals surface area contributed by atoms with Crippen LogP contribution in [0, 0.1) is 5.82 Å². The Labute approximate surface area is 88.5 Å². The van der Waals surface area contributed by atoms with Crippen LogP contribution in [0.2, 0.25) is 0 Å². The largest absolute Gasteiger partial charge is 0.387 e. The van der Waals surface area contributed by atoms with Crippen molar-refractivity contribution < 1.29 is 9.50 Å². The maximum atomic E-state index is 13.3. The van der Waals surface area contributed by atoms with Crippen LogP contribution in [-0.4, -0.2) is 10.9 Å². The number of thioether (sulfide) groups is 1. The molecule has 0 aliphatic carbocycles. The summed E-state index contributed by atoms with van der Waals surface area (Å²) in [6, 6.07) is 3.08. The summed E-state index contributed by atoms with van der Waals surface area (Å²) in [7, 11) is 0. The first-order valence-corrected chi connectivity index (χ1v) is 5.87. The summed E-state index contributed by atoms with van der Waals surface area (Å²) in [5.74, 6) is 1.08. The molecule has 0 radical (unpaired) electrons. The van der Waals surface area contributed by atoms with Gasteiger partial charge in [0, 0.05) is 27.1 Å². The molecule has 0 saturated carbocycles. The number of benzene rings is 1. The summed E-state index contributed by atoms with van der Waals surface area (Å²) in [4.78, 5) is 0. The van der Waals surface area contributed by atoms with E-state index in [0.29, 0.717) is 17.1 Å². The van der Waals surface area contributed by atoms with Gasteiger partial charge in [-0.2, -0.15) is 11.8 Å². The molecule has 1 heterocycles. The Balaban J connectivity index is 2.60. The zero-order valence-corrected chi connectivity index (χ0v) is 9.16. The molecule has 0 bridgehead atoms. The second kappa shape index (κ2) is 3.59. The highest BCUT2D eigenvalue weighted by Gasteiger charge is 2.23. The van der Waals surface area contributed by atoms with E-state index in [2.05, 4.69) is 15.9 Å². The van der Waals surface area contributed by atoms with Crippen molar-refractivity contribution in [2.45, 2.75) is 11.9 Å². The van der Waals surface area contributed by atoms with Gasteiger partial charge in [-0.25, -0.2) is 4.39 Å². The molecule has 0 aromatic heterocycles. The van der Waals surface area contributed by atoms with Gasteiger partial charge in [-0.1, -0.05) is 15.9 Å². The Morgan fingerprint density at radius 2 is 2.31 bits per heavy atom. The van der Waals surface area contributed by atoms with E-state index in [4.69, 9.17) is 0 Å². The van der Waals surface area contributed by atoms with Crippen LogP contribution >= 0.6 is 27.7 Å². The molecule has 0 amide bonds. The van der Waals surface area contributed by atoms with Crippen molar-refractivity contribution in [3.05, 3.63) is 33.5 Å². The zero-order chi connectivity index (χ0) is 9.42. The lowest BCUT2D eigenvalue weighted by Crippen LogP contribution is -2.12. The molecule has 2 rings (SSSR count). The van der Waals surface area contributed by atoms with Gasteiger partial charge >= 0.3 is 0 Å². The minimum atomic E-state index is -0.543. The Morgan fingerprint density at radius 3 is 3.00 bits per heavy atom. The normalized spacial score (nSPS) is 21.3. The van der Waals surface area contributed by atoms with Crippen LogP contribution in [0.1, 0.15) is 17.2 Å². The number of aliphatic hydroxyl groups excluding tert-OH is 1. The molecule has 0 unspecified atom stereocenters. The highest BCUT2D eigenvalue weighted by Crippen LogP contribution is 2.37. The summed E-state index contributed by atoms with van der Waals surface area (Å²) in [6.07, 6.45) is -0.543. The highest BCUT2D eigenvalue weighted by molar-refractivity contribution is 9.10. The summed E-state index contributed by atoms with van der Waals surface area (Å²) >= 11 is 4.88. The molecule has 1 nitrogen and oxygen atoms in total. The molecule has 1 atom stereocenters. The van der Waals surface area contributed by atoms with Gasteiger partial charge in [0.15, 0.2) is 0 Å². The Kier molecular flexibility index (Phi) is 2.62. The van der Waals surface area contributed by atoms with Gasteiger partial charge in [0.05, 0.1) is 6.10 Å². The average molecular weight is 263 g/mol. The second-order valence-electron chi connectivity index (χ2n) is 2.95. The van der Waals surface area contributed by atoms with Gasteiger partial charge in [-0.05, 0) is 12.1 Å². The van der Waals surface area contributed by atoms with E-state index < -0.39 is 6.10 Å². The van der Waals surface area contributed by atoms with Crippen LogP contribution < -0.4 is 0 Å². The Morgan fingerprint density at radius 1 is 1.54 bits per heavy atom. The summed E-state index contributed by atoms with van der Waals surface area (Å²) in [6.45, 7) is 0. The molecular weight excluding hydrogens is 255 g/mol. The average Bonchev–Trinajstić information content (AvgIpc) is 2.12. The van der Waals surface area contributed by atoms with Crippen molar-refractivity contribution in [1.29, 1.82) is 0 Å². The van der Waals surface area contributed by atoms with Crippen molar-refractivity contribution in [3.63, 3.8) is 0 Å². The maximum absolute atomic E-state index is 13.3. The molecule has 0 fully saturated rings. The molecular formula is C9H8BrFOS. The first-order chi connectivity index (χ1) is 6.20. The fourth-order valence-corrected chi connectivity index (χ4v) is 3.11. The second-order valence-corrected chi connectivity index (χ2v) is 4.84. The SMILES string of the molecule is O[C@@H]1CSCc2c(F)ccc(Br)c21. The minimum absolute atomic E-state index is 0.218. The van der Waals surface area contributed by atoms with E-state index in [1.54, 1.807) is 17.8 Å². The van der Waals surface area contributed by atoms with Crippen LogP contribution in [0.4, 0.5) is 4.39 Å². The fraction of sp³-hybridized carbons (Fsp3) is 0.333. The van der Waals surface area contributed by atoms with Crippen molar-refractivity contribution in [2.24, 2.45) is 0 Å². The summed E-state index contributed by atoms with van der Waals surface area (Å²) in [5, 5.41) is 9.65. The molecule has 1 N–H and O–H groups in total. The van der Waals surface area contributed by atoms with Gasteiger partial charge < -0.3 is 5.11 Å². The first-order valence-electron chi connectivity index (χ1n) is 3.92. The van der Waals surface area contributed by atoms with Gasteiger partial charge in [-0.3, -0.25) is 0 Å². The van der Waals surface area contributed by atoms with E-state index in [1.165, 1.54) is 6.07 Å². The van der Waals surface area contributed by atoms with E-state index >= 15 is 0 Å². The predicted molar refractivity (Wildman–Crippen MR) is 55.2 cm³/mol. The molecule has 1 aliphatic heterocycles. The quantitative estimate of drug-likeness (QED) is 0.776. The lowest BCUT2D eigenvalue weighted by atomic mass is 10.0. The first kappa shape index (κ1) is 9.49. The molecule has 0 spiro atoms. The third kappa shape index (κ3) is 1.63. The molecule has 1 aromatic rings. The number of rotatable bonds is 0. The zero-order valence-electron chi connectivity index (χ0n) is 6.76. The van der Waals surface area contributed by atoms with Crippen molar-refractivity contribution in [2.75, 3.05) is 5.75 Å². The number of halogens is 2. The van der Waals surface area contributed by atoms with Gasteiger partial charge in [0.2, 0.25) is 0 Å². The van der Waals surface area contributed by atoms with Gasteiger partial charge in [-0.15, -0.1) is 0 Å². The van der Waals surface area contributed by atoms with E-state index in [1.807, 2.05) is 0 Å². The lowest BCUT2D eigenvalue weighted by molar-refractivity contribution is 0.200. The summed E-state index contributed by atoms with van der Waals surface area (Å²) < 4.78 is 14.1. The van der Waals surface area contributed by atoms with E-state index in [9.17, 15) is 9.50 Å². The van der Waals surface area contributed by atoms with Crippen LogP contribution in [-0.2, 0) is 5.75 Å². The Hall–Kier alpha value is -0.0600. The number of hydrogen-bond donors (Lipinski definition) is 1. The topological polar surface area (TPSA) is 20.2 Å². The smallest absolute Gasteiger partial charge is 0.127 e. The minimum Gasteiger partial charge on any atom is -0.387 e. The van der Waals surface area contributed by atoms with E-state index in [-0.39, 0.29) is 5.82 Å². The van der Waals surface area contributed by atoms with Crippen molar-refractivity contribution in [1.82, 2.24) is 0 Å². The third-order valence-electron chi connectivity index (χ3n) is 2.10. The molecule has 70 valence electrons. The number of aliphatic hydroxyl groups is 1. The Bertz CT molecular complexity index is 343. The predicted octanol–water partition coefficient (Wildman–Crippen LogP) is 2.87. The fourth-order valence-electron chi connectivity index (χ4n) is 1.47. The van der Waals surface area contributed by atoms with Crippen molar-refractivity contribution in [3.8, 4) is 0 Å². The summed E-state index contributed by atoms with van der Waals surface area (Å²) in [5.41, 5.74) is 1.36. The molecule has 13 heavy (non-hydrogen) atoms. The van der Waals surface area contributed by atoms with Crippen LogP contribution in [0.25, 0.3) is 0 Å². The molecule has 0 saturated heterocycles. The van der Waals surface area contributed by atoms with Crippen LogP contribution in [0.3, 0.4) is 0 Å². The van der Waals surface area contributed by atoms with Crippen molar-refractivity contribution >= 4 is 27.7 Å². The van der Waals surface area contributed by atoms with Crippen LogP contribution in [0.15, 0.2) is 16.6 Å². The van der Waals surface area contributed by atoms with E-state index in [0.717, 1.165) is 10.0 Å². The lowest BCUT2D eigenvalue weighted by Gasteiger charge is -2.22. The monoisotopic (exact) mass is 262 g/mol. The van der Waals surface area contributed by atoms with Gasteiger partial charge in [0.1, 0.15) is 5.82 Å². The standard InChI is InChI=1S/C9H8BrFOS/c10-6-1-2-7(11)5-3-13-4-8(12)9(5)6/h1-2,8,12H,3-4H2/t8-/m1/s1. The maximum Gasteiger partial charge on any atom is 0.127 e. The van der Waals surface area contributed by atoms with Crippen LogP contribution in [0.5, 0.6) is 0 Å². The van der Waals surface area contributed by atoms with Gasteiger partial charge in [0.25, 0.3) is 0 Å². The highest BCUT2D eigenvalue weighted by atomic mass is 79.9.